The molecule has 4 rings (SSSR count). The quantitative estimate of drug-likeness (QED) is 0.911. The number of anilines is 1. The Balaban J connectivity index is 1.82. The number of fused-ring (bicyclic) bond motifs is 3. The maximum atomic E-state index is 5.79. The van der Waals surface area contributed by atoms with Crippen LogP contribution in [0.3, 0.4) is 0 Å². The first-order valence-electron chi connectivity index (χ1n) is 7.29. The molecule has 3 heterocycles. The van der Waals surface area contributed by atoms with E-state index >= 15 is 0 Å². The fourth-order valence-electron chi connectivity index (χ4n) is 3.82. The molecular weight excluding hydrogens is 236 g/mol. The zero-order valence-corrected chi connectivity index (χ0v) is 11.1. The fourth-order valence-corrected chi connectivity index (χ4v) is 3.82. The van der Waals surface area contributed by atoms with E-state index in [0.717, 1.165) is 18.0 Å². The molecule has 2 atom stereocenters. The van der Waals surface area contributed by atoms with Gasteiger partial charge in [-0.2, -0.15) is 0 Å². The summed E-state index contributed by atoms with van der Waals surface area (Å²) in [6.07, 6.45) is 7.09. The number of piperidine rings is 1. The van der Waals surface area contributed by atoms with Crippen LogP contribution in [0.2, 0.25) is 0 Å². The minimum atomic E-state index is 0.678. The third-order valence-corrected chi connectivity index (χ3v) is 4.67. The van der Waals surface area contributed by atoms with E-state index in [4.69, 9.17) is 10.7 Å². The largest absolute Gasteiger partial charge is 0.352 e. The third-order valence-electron chi connectivity index (χ3n) is 4.67. The molecule has 0 amide bonds. The van der Waals surface area contributed by atoms with E-state index in [1.807, 2.05) is 0 Å². The highest BCUT2D eigenvalue weighted by Gasteiger charge is 2.39. The van der Waals surface area contributed by atoms with E-state index < -0.39 is 0 Å². The number of nitrogens with two attached hydrogens (primary N) is 1. The Hall–Kier alpha value is -1.55. The van der Waals surface area contributed by atoms with E-state index in [1.165, 1.54) is 37.3 Å². The number of imidazole rings is 1. The molecule has 0 radical (unpaired) electrons. The van der Waals surface area contributed by atoms with Gasteiger partial charge < -0.3 is 15.0 Å². The van der Waals surface area contributed by atoms with Crippen LogP contribution >= 0.6 is 0 Å². The first kappa shape index (κ1) is 11.3. The molecule has 1 saturated heterocycles. The first-order valence-corrected chi connectivity index (χ1v) is 7.29. The molecule has 2 aromatic heterocycles. The van der Waals surface area contributed by atoms with Crippen molar-refractivity contribution in [2.45, 2.75) is 31.7 Å². The van der Waals surface area contributed by atoms with Gasteiger partial charge in [0.05, 0.1) is 5.69 Å². The van der Waals surface area contributed by atoms with Gasteiger partial charge in [-0.25, -0.2) is 4.98 Å². The smallest absolute Gasteiger partial charge is 0.151 e. The van der Waals surface area contributed by atoms with Crippen molar-refractivity contribution in [3.63, 3.8) is 0 Å². The highest BCUT2D eigenvalue weighted by molar-refractivity contribution is 5.57. The van der Waals surface area contributed by atoms with Crippen molar-refractivity contribution in [3.05, 3.63) is 30.1 Å². The SMILES string of the molecule is NCCc1c(N2CC3CCC2C3)nc2ccccn12. The van der Waals surface area contributed by atoms with E-state index in [9.17, 15) is 0 Å². The molecule has 2 aliphatic rings. The lowest BCUT2D eigenvalue weighted by molar-refractivity contribution is 0.549. The summed E-state index contributed by atoms with van der Waals surface area (Å²) in [7, 11) is 0. The van der Waals surface area contributed by atoms with Crippen molar-refractivity contribution in [2.75, 3.05) is 18.0 Å². The Morgan fingerprint density at radius 3 is 3.00 bits per heavy atom. The summed E-state index contributed by atoms with van der Waals surface area (Å²) in [5.74, 6) is 2.07. The highest BCUT2D eigenvalue weighted by Crippen LogP contribution is 2.41. The number of hydrogen-bond acceptors (Lipinski definition) is 3. The van der Waals surface area contributed by atoms with Gasteiger partial charge >= 0.3 is 0 Å². The second-order valence-electron chi connectivity index (χ2n) is 5.83. The zero-order chi connectivity index (χ0) is 12.8. The lowest BCUT2D eigenvalue weighted by Crippen LogP contribution is -2.33. The van der Waals surface area contributed by atoms with Crippen LogP contribution in [0.4, 0.5) is 5.82 Å². The third kappa shape index (κ3) is 1.66. The molecular formula is C15H20N4. The van der Waals surface area contributed by atoms with Gasteiger partial charge in [-0.3, -0.25) is 0 Å². The van der Waals surface area contributed by atoms with Crippen molar-refractivity contribution in [1.82, 2.24) is 9.38 Å². The molecule has 0 aromatic carbocycles. The van der Waals surface area contributed by atoms with Gasteiger partial charge in [0.2, 0.25) is 0 Å². The van der Waals surface area contributed by atoms with Gasteiger partial charge in [-0.1, -0.05) is 6.07 Å². The summed E-state index contributed by atoms with van der Waals surface area (Å²) in [5, 5.41) is 0. The molecule has 0 spiro atoms. The summed E-state index contributed by atoms with van der Waals surface area (Å²) in [6, 6.07) is 6.91. The van der Waals surface area contributed by atoms with Crippen LogP contribution in [0.15, 0.2) is 24.4 Å². The van der Waals surface area contributed by atoms with Gasteiger partial charge in [0, 0.05) is 25.2 Å². The summed E-state index contributed by atoms with van der Waals surface area (Å²) < 4.78 is 2.20. The highest BCUT2D eigenvalue weighted by atomic mass is 15.3. The summed E-state index contributed by atoms with van der Waals surface area (Å²) in [4.78, 5) is 7.40. The molecule has 2 bridgehead atoms. The van der Waals surface area contributed by atoms with Crippen molar-refractivity contribution in [1.29, 1.82) is 0 Å². The number of pyridine rings is 1. The normalized spacial score (nSPS) is 25.6. The van der Waals surface area contributed by atoms with Crippen molar-refractivity contribution >= 4 is 11.5 Å². The number of hydrogen-bond donors (Lipinski definition) is 1. The molecule has 1 aliphatic carbocycles. The average Bonchev–Trinajstić information content (AvgIpc) is 3.12. The van der Waals surface area contributed by atoms with Crippen molar-refractivity contribution in [3.8, 4) is 0 Å². The Morgan fingerprint density at radius 2 is 2.26 bits per heavy atom. The molecule has 2 N–H and O–H groups in total. The molecule has 4 nitrogen and oxygen atoms in total. The van der Waals surface area contributed by atoms with Crippen LogP contribution in [-0.4, -0.2) is 28.5 Å². The maximum Gasteiger partial charge on any atom is 0.151 e. The molecule has 4 heteroatoms. The number of rotatable bonds is 3. The Kier molecular flexibility index (Phi) is 2.52. The molecule has 2 fully saturated rings. The minimum absolute atomic E-state index is 0.678. The van der Waals surface area contributed by atoms with Crippen LogP contribution in [-0.2, 0) is 6.42 Å². The predicted molar refractivity (Wildman–Crippen MR) is 76.4 cm³/mol. The molecule has 19 heavy (non-hydrogen) atoms. The van der Waals surface area contributed by atoms with Gasteiger partial charge in [-0.15, -0.1) is 0 Å². The van der Waals surface area contributed by atoms with E-state index in [-0.39, 0.29) is 0 Å². The van der Waals surface area contributed by atoms with Crippen molar-refractivity contribution in [2.24, 2.45) is 11.7 Å². The monoisotopic (exact) mass is 256 g/mol. The van der Waals surface area contributed by atoms with Crippen LogP contribution < -0.4 is 10.6 Å². The lowest BCUT2D eigenvalue weighted by atomic mass is 10.1. The summed E-state index contributed by atoms with van der Waals surface area (Å²) in [5.41, 5.74) is 8.12. The minimum Gasteiger partial charge on any atom is -0.352 e. The van der Waals surface area contributed by atoms with Crippen molar-refractivity contribution < 1.29 is 0 Å². The van der Waals surface area contributed by atoms with Gasteiger partial charge in [0.15, 0.2) is 5.82 Å². The van der Waals surface area contributed by atoms with E-state index in [2.05, 4.69) is 33.7 Å². The first-order chi connectivity index (χ1) is 9.36. The topological polar surface area (TPSA) is 46.6 Å². The Morgan fingerprint density at radius 1 is 1.32 bits per heavy atom. The van der Waals surface area contributed by atoms with E-state index in [0.29, 0.717) is 12.6 Å². The molecule has 100 valence electrons. The lowest BCUT2D eigenvalue weighted by Gasteiger charge is -2.28. The number of aromatic nitrogens is 2. The molecule has 1 aliphatic heterocycles. The Labute approximate surface area is 113 Å². The van der Waals surface area contributed by atoms with Crippen LogP contribution in [0.1, 0.15) is 25.0 Å². The molecule has 2 aromatic rings. The second kappa shape index (κ2) is 4.23. The second-order valence-corrected chi connectivity index (χ2v) is 5.83. The average molecular weight is 256 g/mol. The van der Waals surface area contributed by atoms with Gasteiger partial charge in [0.25, 0.3) is 0 Å². The van der Waals surface area contributed by atoms with Crippen LogP contribution in [0.5, 0.6) is 0 Å². The van der Waals surface area contributed by atoms with E-state index in [1.54, 1.807) is 0 Å². The summed E-state index contributed by atoms with van der Waals surface area (Å²) >= 11 is 0. The number of nitrogens with zero attached hydrogens (tertiary/aromatic N) is 3. The maximum absolute atomic E-state index is 5.79. The standard InChI is InChI=1S/C15H20N4/c16-7-6-13-15(17-14-3-1-2-8-18(13)14)19-10-11-4-5-12(19)9-11/h1-3,8,11-12H,4-7,9-10,16H2. The molecule has 2 unspecified atom stereocenters. The van der Waals surface area contributed by atoms with Gasteiger partial charge in [-0.05, 0) is 43.9 Å². The zero-order valence-electron chi connectivity index (χ0n) is 11.1. The summed E-state index contributed by atoms with van der Waals surface area (Å²) in [6.45, 7) is 1.86. The van der Waals surface area contributed by atoms with Gasteiger partial charge in [0.1, 0.15) is 5.65 Å². The van der Waals surface area contributed by atoms with Crippen LogP contribution in [0.25, 0.3) is 5.65 Å². The predicted octanol–water partition coefficient (Wildman–Crippen LogP) is 1.82. The van der Waals surface area contributed by atoms with Crippen LogP contribution in [0, 0.1) is 5.92 Å². The Bertz CT molecular complexity index is 603. The fraction of sp³-hybridized carbons (Fsp3) is 0.533. The molecule has 1 saturated carbocycles.